The van der Waals surface area contributed by atoms with Crippen molar-refractivity contribution in [3.05, 3.63) is 57.3 Å². The summed E-state index contributed by atoms with van der Waals surface area (Å²) < 4.78 is 14.0. The van der Waals surface area contributed by atoms with Crippen molar-refractivity contribution in [1.29, 1.82) is 0 Å². The highest BCUT2D eigenvalue weighted by Crippen LogP contribution is 2.24. The smallest absolute Gasteiger partial charge is 0.322 e. The molecule has 0 aliphatic rings. The van der Waals surface area contributed by atoms with Crippen molar-refractivity contribution in [2.24, 2.45) is 0 Å². The van der Waals surface area contributed by atoms with Crippen molar-refractivity contribution in [3.63, 3.8) is 0 Å². The maximum Gasteiger partial charge on any atom is 0.322 e. The number of aliphatic carboxylic acids is 1. The number of halogens is 1. The molecule has 9 heteroatoms. The number of hydrogen-bond acceptors (Lipinski definition) is 5. The zero-order valence-electron chi connectivity index (χ0n) is 14.2. The van der Waals surface area contributed by atoms with Crippen molar-refractivity contribution in [2.45, 2.75) is 26.3 Å². The van der Waals surface area contributed by atoms with Crippen molar-refractivity contribution in [3.8, 4) is 5.75 Å². The average Bonchev–Trinajstić information content (AvgIpc) is 2.57. The van der Waals surface area contributed by atoms with Gasteiger partial charge in [0.2, 0.25) is 0 Å². The number of carboxylic acids is 1. The van der Waals surface area contributed by atoms with Crippen LogP contribution in [0.3, 0.4) is 0 Å². The summed E-state index contributed by atoms with van der Waals surface area (Å²) in [5.41, 5.74) is -0.767. The lowest BCUT2D eigenvalue weighted by atomic mass is 10.1. The summed E-state index contributed by atoms with van der Waals surface area (Å²) in [6, 6.07) is 5.39. The predicted molar refractivity (Wildman–Crippen MR) is 89.7 cm³/mol. The van der Waals surface area contributed by atoms with E-state index >= 15 is 0 Å². The lowest BCUT2D eigenvalue weighted by Crippen LogP contribution is -2.37. The van der Waals surface area contributed by atoms with Crippen LogP contribution in [0.1, 0.15) is 41.4 Å². The van der Waals surface area contributed by atoms with Gasteiger partial charge in [0.1, 0.15) is 23.6 Å². The molecule has 0 aliphatic heterocycles. The first-order valence-corrected chi connectivity index (χ1v) is 7.79. The molecule has 0 spiro atoms. The molecule has 1 aromatic heterocycles. The second-order valence-corrected chi connectivity index (χ2v) is 5.93. The third-order valence-corrected chi connectivity index (χ3v) is 3.58. The van der Waals surface area contributed by atoms with Crippen molar-refractivity contribution in [1.82, 2.24) is 15.1 Å². The van der Waals surface area contributed by atoms with Gasteiger partial charge in [-0.25, -0.2) is 9.07 Å². The second-order valence-electron chi connectivity index (χ2n) is 5.93. The lowest BCUT2D eigenvalue weighted by Gasteiger charge is -2.15. The molecular formula is C17H18FN3O5. The number of hydrogen-bond donors (Lipinski definition) is 3. The first kappa shape index (κ1) is 19.1. The third-order valence-electron chi connectivity index (χ3n) is 3.58. The SMILES string of the molecule is CC(C)c1nn(Cc2ccc(F)cc2)c(=O)c(C(=O)NCC(=O)O)c1O. The van der Waals surface area contributed by atoms with Crippen LogP contribution in [0.5, 0.6) is 5.75 Å². The minimum absolute atomic E-state index is 0.0433. The quantitative estimate of drug-likeness (QED) is 0.706. The van der Waals surface area contributed by atoms with Gasteiger partial charge in [0.15, 0.2) is 5.75 Å². The molecule has 0 fully saturated rings. The fraction of sp³-hybridized carbons (Fsp3) is 0.294. The number of benzene rings is 1. The lowest BCUT2D eigenvalue weighted by molar-refractivity contribution is -0.135. The normalized spacial score (nSPS) is 10.8. The Hall–Kier alpha value is -3.23. The highest BCUT2D eigenvalue weighted by Gasteiger charge is 2.24. The summed E-state index contributed by atoms with van der Waals surface area (Å²) in [5.74, 6) is -3.62. The molecule has 0 unspecified atom stereocenters. The van der Waals surface area contributed by atoms with E-state index < -0.39 is 41.1 Å². The van der Waals surface area contributed by atoms with E-state index in [2.05, 4.69) is 10.4 Å². The summed E-state index contributed by atoms with van der Waals surface area (Å²) in [7, 11) is 0. The van der Waals surface area contributed by atoms with Crippen LogP contribution in [-0.4, -0.2) is 38.4 Å². The molecule has 138 valence electrons. The van der Waals surface area contributed by atoms with E-state index in [1.807, 2.05) is 0 Å². The van der Waals surface area contributed by atoms with Gasteiger partial charge >= 0.3 is 5.97 Å². The molecule has 2 rings (SSSR count). The fourth-order valence-electron chi connectivity index (χ4n) is 2.29. The number of amides is 1. The molecule has 0 saturated heterocycles. The Morgan fingerprint density at radius 2 is 1.88 bits per heavy atom. The second kappa shape index (κ2) is 7.77. The predicted octanol–water partition coefficient (Wildman–Crippen LogP) is 1.07. The third kappa shape index (κ3) is 4.24. The fourth-order valence-corrected chi connectivity index (χ4v) is 2.29. The molecular weight excluding hydrogens is 345 g/mol. The number of rotatable bonds is 6. The minimum Gasteiger partial charge on any atom is -0.505 e. The minimum atomic E-state index is -1.29. The molecule has 0 bridgehead atoms. The number of aromatic nitrogens is 2. The maximum absolute atomic E-state index is 13.0. The number of aromatic hydroxyl groups is 1. The molecule has 1 aromatic carbocycles. The van der Waals surface area contributed by atoms with Gasteiger partial charge in [-0.1, -0.05) is 26.0 Å². The Morgan fingerprint density at radius 1 is 1.27 bits per heavy atom. The van der Waals surface area contributed by atoms with Crippen LogP contribution < -0.4 is 10.9 Å². The first-order valence-electron chi connectivity index (χ1n) is 7.79. The molecule has 0 radical (unpaired) electrons. The number of carbonyl (C=O) groups excluding carboxylic acids is 1. The number of carboxylic acid groups (broad SMARTS) is 1. The Bertz CT molecular complexity index is 891. The largest absolute Gasteiger partial charge is 0.505 e. The van der Waals surface area contributed by atoms with Gasteiger partial charge in [-0.3, -0.25) is 14.4 Å². The van der Waals surface area contributed by atoms with Gasteiger partial charge < -0.3 is 15.5 Å². The van der Waals surface area contributed by atoms with E-state index in [-0.39, 0.29) is 18.2 Å². The van der Waals surface area contributed by atoms with Crippen LogP contribution >= 0.6 is 0 Å². The van der Waals surface area contributed by atoms with Gasteiger partial charge in [-0.05, 0) is 17.7 Å². The van der Waals surface area contributed by atoms with Gasteiger partial charge in [0.25, 0.3) is 11.5 Å². The highest BCUT2D eigenvalue weighted by molar-refractivity contribution is 5.98. The van der Waals surface area contributed by atoms with E-state index in [4.69, 9.17) is 5.11 Å². The Labute approximate surface area is 147 Å². The van der Waals surface area contributed by atoms with Crippen LogP contribution in [-0.2, 0) is 11.3 Å². The summed E-state index contributed by atoms with van der Waals surface area (Å²) in [6.07, 6.45) is 0. The van der Waals surface area contributed by atoms with Gasteiger partial charge in [0, 0.05) is 5.92 Å². The molecule has 8 nitrogen and oxygen atoms in total. The topological polar surface area (TPSA) is 122 Å². The molecule has 1 amide bonds. The zero-order chi connectivity index (χ0) is 19.4. The Balaban J connectivity index is 2.51. The molecule has 1 heterocycles. The standard InChI is InChI=1S/C17H18FN3O5/c1-9(2)14-15(24)13(16(25)19-7-12(22)23)17(26)21(20-14)8-10-3-5-11(18)6-4-10/h3-6,9,24H,7-8H2,1-2H3,(H,19,25)(H,22,23). The van der Waals surface area contributed by atoms with Crippen LogP contribution in [0, 0.1) is 5.82 Å². The van der Waals surface area contributed by atoms with Gasteiger partial charge in [-0.2, -0.15) is 5.10 Å². The molecule has 26 heavy (non-hydrogen) atoms. The van der Waals surface area contributed by atoms with Crippen molar-refractivity contribution >= 4 is 11.9 Å². The van der Waals surface area contributed by atoms with E-state index in [1.54, 1.807) is 13.8 Å². The molecule has 0 aliphatic carbocycles. The molecule has 0 atom stereocenters. The Kier molecular flexibility index (Phi) is 5.71. The van der Waals surface area contributed by atoms with E-state index in [0.717, 1.165) is 4.68 Å². The summed E-state index contributed by atoms with van der Waals surface area (Å²) in [6.45, 7) is 2.69. The zero-order valence-corrected chi connectivity index (χ0v) is 14.2. The van der Waals surface area contributed by atoms with Gasteiger partial charge in [-0.15, -0.1) is 0 Å². The number of carbonyl (C=O) groups is 2. The van der Waals surface area contributed by atoms with Crippen molar-refractivity contribution in [2.75, 3.05) is 6.54 Å². The Morgan fingerprint density at radius 3 is 2.42 bits per heavy atom. The number of nitrogens with zero attached hydrogens (tertiary/aromatic N) is 2. The molecule has 0 saturated carbocycles. The van der Waals surface area contributed by atoms with E-state index in [1.165, 1.54) is 24.3 Å². The summed E-state index contributed by atoms with van der Waals surface area (Å²) in [5, 5.41) is 25.1. The highest BCUT2D eigenvalue weighted by atomic mass is 19.1. The van der Waals surface area contributed by atoms with Gasteiger partial charge in [0.05, 0.1) is 6.54 Å². The van der Waals surface area contributed by atoms with E-state index in [9.17, 15) is 23.9 Å². The van der Waals surface area contributed by atoms with Crippen LogP contribution in [0.15, 0.2) is 29.1 Å². The van der Waals surface area contributed by atoms with Crippen LogP contribution in [0.25, 0.3) is 0 Å². The average molecular weight is 363 g/mol. The first-order chi connectivity index (χ1) is 12.2. The number of nitrogens with one attached hydrogen (secondary N) is 1. The maximum atomic E-state index is 13.0. The summed E-state index contributed by atoms with van der Waals surface area (Å²) in [4.78, 5) is 35.4. The van der Waals surface area contributed by atoms with E-state index in [0.29, 0.717) is 5.56 Å². The molecule has 3 N–H and O–H groups in total. The molecule has 2 aromatic rings. The van der Waals surface area contributed by atoms with Crippen LogP contribution in [0.2, 0.25) is 0 Å². The summed E-state index contributed by atoms with van der Waals surface area (Å²) >= 11 is 0. The monoisotopic (exact) mass is 363 g/mol. The van der Waals surface area contributed by atoms with Crippen LogP contribution in [0.4, 0.5) is 4.39 Å². The van der Waals surface area contributed by atoms with Crippen molar-refractivity contribution < 1.29 is 24.2 Å².